The largest absolute Gasteiger partial charge is 0.443 e. The van der Waals surface area contributed by atoms with Crippen molar-refractivity contribution in [3.05, 3.63) is 39.9 Å². The highest BCUT2D eigenvalue weighted by molar-refractivity contribution is 8.14. The number of nitro groups is 1. The number of amides is 1. The molecular weight excluding hydrogens is 346 g/mol. The van der Waals surface area contributed by atoms with Gasteiger partial charge >= 0.3 is 6.09 Å². The van der Waals surface area contributed by atoms with Crippen LogP contribution in [0.4, 0.5) is 10.5 Å². The fraction of sp³-hybridized carbons (Fsp3) is 0.438. The van der Waals surface area contributed by atoms with Crippen molar-refractivity contribution in [1.29, 1.82) is 0 Å². The summed E-state index contributed by atoms with van der Waals surface area (Å²) >= 11 is 1.31. The number of benzene rings is 1. The Hall–Kier alpha value is -2.42. The van der Waals surface area contributed by atoms with Crippen LogP contribution in [0.15, 0.2) is 29.3 Å². The summed E-state index contributed by atoms with van der Waals surface area (Å²) in [6.07, 6.45) is 0.160. The number of carbonyl (C=O) groups is 2. The van der Waals surface area contributed by atoms with Crippen molar-refractivity contribution in [2.75, 3.05) is 13.1 Å². The highest BCUT2D eigenvalue weighted by atomic mass is 32.2. The molecule has 9 heteroatoms. The minimum atomic E-state index is -0.710. The number of carbonyl (C=O) groups excluding carboxylic acids is 2. The molecule has 134 valence electrons. The van der Waals surface area contributed by atoms with E-state index < -0.39 is 11.0 Å². The lowest BCUT2D eigenvalue weighted by atomic mass is 10.2. The average molecular weight is 365 g/mol. The third-order valence-electron chi connectivity index (χ3n) is 3.70. The van der Waals surface area contributed by atoms with Crippen LogP contribution < -0.4 is 0 Å². The SMILES string of the molecule is CC(=O)SC1CCN(C(C)=NC(=O)OCc2ccc([N+](=O)[O-])cc2)C1. The van der Waals surface area contributed by atoms with Crippen LogP contribution in [-0.4, -0.2) is 45.2 Å². The number of non-ortho nitro benzene ring substituents is 1. The first-order chi connectivity index (χ1) is 11.8. The van der Waals surface area contributed by atoms with Gasteiger partial charge in [-0.3, -0.25) is 14.9 Å². The Labute approximate surface area is 149 Å². The molecule has 1 aliphatic rings. The Kier molecular flexibility index (Phi) is 6.51. The fourth-order valence-electron chi connectivity index (χ4n) is 2.45. The monoisotopic (exact) mass is 365 g/mol. The van der Waals surface area contributed by atoms with Crippen LogP contribution in [0.3, 0.4) is 0 Å². The van der Waals surface area contributed by atoms with Crippen LogP contribution in [-0.2, 0) is 16.1 Å². The number of hydrogen-bond donors (Lipinski definition) is 0. The average Bonchev–Trinajstić information content (AvgIpc) is 3.01. The van der Waals surface area contributed by atoms with Gasteiger partial charge in [0.05, 0.1) is 4.92 Å². The van der Waals surface area contributed by atoms with E-state index in [-0.39, 0.29) is 22.7 Å². The Balaban J connectivity index is 1.83. The van der Waals surface area contributed by atoms with Crippen molar-refractivity contribution >= 4 is 34.5 Å². The summed E-state index contributed by atoms with van der Waals surface area (Å²) in [5.41, 5.74) is 0.627. The van der Waals surface area contributed by atoms with Gasteiger partial charge in [0.2, 0.25) is 0 Å². The summed E-state index contributed by atoms with van der Waals surface area (Å²) in [5.74, 6) is 0.556. The third kappa shape index (κ3) is 5.86. The molecule has 1 saturated heterocycles. The lowest BCUT2D eigenvalue weighted by Gasteiger charge is -2.17. The highest BCUT2D eigenvalue weighted by Crippen LogP contribution is 2.23. The Morgan fingerprint density at radius 3 is 2.64 bits per heavy atom. The first-order valence-corrected chi connectivity index (χ1v) is 8.60. The predicted molar refractivity (Wildman–Crippen MR) is 94.6 cm³/mol. The second-order valence-corrected chi connectivity index (χ2v) is 7.08. The van der Waals surface area contributed by atoms with E-state index in [1.54, 1.807) is 13.8 Å². The van der Waals surface area contributed by atoms with Crippen molar-refractivity contribution < 1.29 is 19.2 Å². The maximum Gasteiger partial charge on any atom is 0.435 e. The summed E-state index contributed by atoms with van der Waals surface area (Å²) in [6, 6.07) is 5.78. The van der Waals surface area contributed by atoms with Gasteiger partial charge < -0.3 is 9.64 Å². The molecule has 0 radical (unpaired) electrons. The number of nitro benzene ring substituents is 1. The van der Waals surface area contributed by atoms with E-state index in [0.29, 0.717) is 17.9 Å². The molecule has 1 aliphatic heterocycles. The number of nitrogens with zero attached hydrogens (tertiary/aromatic N) is 3. The minimum Gasteiger partial charge on any atom is -0.443 e. The molecule has 2 rings (SSSR count). The van der Waals surface area contributed by atoms with Crippen LogP contribution in [0, 0.1) is 10.1 Å². The molecule has 0 aliphatic carbocycles. The summed E-state index contributed by atoms with van der Waals surface area (Å²) < 4.78 is 5.07. The zero-order valence-electron chi connectivity index (χ0n) is 14.0. The summed E-state index contributed by atoms with van der Waals surface area (Å²) in [7, 11) is 0. The van der Waals surface area contributed by atoms with Crippen molar-refractivity contribution in [2.24, 2.45) is 4.99 Å². The maximum absolute atomic E-state index is 11.8. The molecule has 1 amide bonds. The smallest absolute Gasteiger partial charge is 0.435 e. The van der Waals surface area contributed by atoms with E-state index in [1.807, 2.05) is 4.90 Å². The van der Waals surface area contributed by atoms with E-state index in [0.717, 1.165) is 13.0 Å². The zero-order valence-corrected chi connectivity index (χ0v) is 14.8. The molecule has 1 fully saturated rings. The van der Waals surface area contributed by atoms with Gasteiger partial charge in [-0.05, 0) is 31.0 Å². The second-order valence-electron chi connectivity index (χ2n) is 5.60. The number of likely N-dealkylation sites (tertiary alicyclic amines) is 1. The number of aliphatic imine (C=N–C) groups is 1. The second kappa shape index (κ2) is 8.61. The van der Waals surface area contributed by atoms with E-state index in [2.05, 4.69) is 4.99 Å². The third-order valence-corrected chi connectivity index (χ3v) is 4.75. The van der Waals surface area contributed by atoms with E-state index in [4.69, 9.17) is 4.74 Å². The van der Waals surface area contributed by atoms with Gasteiger partial charge in [0.1, 0.15) is 12.4 Å². The number of amidine groups is 1. The standard InChI is InChI=1S/C16H19N3O5S/c1-11(18-8-7-15(9-18)25-12(2)20)17-16(21)24-10-13-3-5-14(6-4-13)19(22)23/h3-6,15H,7-10H2,1-2H3. The number of rotatable bonds is 4. The predicted octanol–water partition coefficient (Wildman–Crippen LogP) is 3.00. The van der Waals surface area contributed by atoms with E-state index in [1.165, 1.54) is 36.0 Å². The van der Waals surface area contributed by atoms with Gasteiger partial charge in [0.25, 0.3) is 5.69 Å². The zero-order chi connectivity index (χ0) is 18.4. The molecule has 1 aromatic rings. The molecule has 0 N–H and O–H groups in total. The van der Waals surface area contributed by atoms with Crippen molar-refractivity contribution in [3.8, 4) is 0 Å². The Bertz CT molecular complexity index is 690. The maximum atomic E-state index is 11.8. The van der Waals surface area contributed by atoms with Gasteiger partial charge in [-0.1, -0.05) is 11.8 Å². The first kappa shape index (κ1) is 18.9. The normalized spacial score (nSPS) is 17.4. The Morgan fingerprint density at radius 2 is 2.04 bits per heavy atom. The Morgan fingerprint density at radius 1 is 1.36 bits per heavy atom. The number of ether oxygens (including phenoxy) is 1. The molecule has 1 unspecified atom stereocenters. The fourth-order valence-corrected chi connectivity index (χ4v) is 3.39. The van der Waals surface area contributed by atoms with Crippen LogP contribution in [0.1, 0.15) is 25.8 Å². The molecule has 1 heterocycles. The summed E-state index contributed by atoms with van der Waals surface area (Å²) in [5, 5.41) is 10.9. The van der Waals surface area contributed by atoms with Crippen LogP contribution in [0.5, 0.6) is 0 Å². The molecule has 0 spiro atoms. The summed E-state index contributed by atoms with van der Waals surface area (Å²) in [4.78, 5) is 38.9. The van der Waals surface area contributed by atoms with Gasteiger partial charge in [-0.25, -0.2) is 4.79 Å². The van der Waals surface area contributed by atoms with E-state index >= 15 is 0 Å². The van der Waals surface area contributed by atoms with Crippen LogP contribution in [0.2, 0.25) is 0 Å². The lowest BCUT2D eigenvalue weighted by molar-refractivity contribution is -0.384. The molecule has 0 saturated carbocycles. The van der Waals surface area contributed by atoms with Gasteiger partial charge in [-0.2, -0.15) is 4.99 Å². The topological polar surface area (TPSA) is 102 Å². The summed E-state index contributed by atoms with van der Waals surface area (Å²) in [6.45, 7) is 4.69. The molecule has 8 nitrogen and oxygen atoms in total. The molecule has 0 bridgehead atoms. The number of thioether (sulfide) groups is 1. The van der Waals surface area contributed by atoms with Crippen LogP contribution in [0.25, 0.3) is 0 Å². The highest BCUT2D eigenvalue weighted by Gasteiger charge is 2.25. The van der Waals surface area contributed by atoms with Gasteiger partial charge in [0.15, 0.2) is 5.12 Å². The first-order valence-electron chi connectivity index (χ1n) is 7.72. The van der Waals surface area contributed by atoms with Crippen molar-refractivity contribution in [1.82, 2.24) is 4.90 Å². The molecule has 0 aromatic heterocycles. The van der Waals surface area contributed by atoms with Crippen LogP contribution >= 0.6 is 11.8 Å². The van der Waals surface area contributed by atoms with Gasteiger partial charge in [0, 0.05) is 37.4 Å². The van der Waals surface area contributed by atoms with E-state index in [9.17, 15) is 19.7 Å². The molecule has 1 atom stereocenters. The molecule has 25 heavy (non-hydrogen) atoms. The van der Waals surface area contributed by atoms with Crippen molar-refractivity contribution in [2.45, 2.75) is 32.1 Å². The molecular formula is C16H19N3O5S. The number of hydrogen-bond acceptors (Lipinski definition) is 6. The van der Waals surface area contributed by atoms with Crippen molar-refractivity contribution in [3.63, 3.8) is 0 Å². The quantitative estimate of drug-likeness (QED) is 0.350. The minimum absolute atomic E-state index is 0.00355. The van der Waals surface area contributed by atoms with Gasteiger partial charge in [-0.15, -0.1) is 0 Å². The molecule has 1 aromatic carbocycles. The lowest BCUT2D eigenvalue weighted by Crippen LogP contribution is -2.27.